The van der Waals surface area contributed by atoms with E-state index in [0.29, 0.717) is 56.9 Å². The number of carbonyl (C=O) groups excluding carboxylic acids is 3. The first-order valence-corrected chi connectivity index (χ1v) is 28.6. The number of hydrogen-bond donors (Lipinski definition) is 4. The quantitative estimate of drug-likeness (QED) is 0.0361. The Labute approximate surface area is 416 Å². The Hall–Kier alpha value is -5.25. The predicted octanol–water partition coefficient (Wildman–Crippen LogP) is 9.96. The van der Waals surface area contributed by atoms with Crippen molar-refractivity contribution >= 4 is 37.6 Å². The molecule has 2 heterocycles. The highest BCUT2D eigenvalue weighted by Crippen LogP contribution is 2.46. The first-order valence-electron chi connectivity index (χ1n) is 25.7. The predicted molar refractivity (Wildman–Crippen MR) is 278 cm³/mol. The van der Waals surface area contributed by atoms with Crippen LogP contribution in [0.3, 0.4) is 0 Å². The smallest absolute Gasteiger partial charge is 0.411 e. The molecule has 0 aromatic heterocycles. The van der Waals surface area contributed by atoms with Crippen molar-refractivity contribution in [1.82, 2.24) is 15.1 Å². The van der Waals surface area contributed by atoms with Crippen LogP contribution in [0.15, 0.2) is 91.0 Å². The van der Waals surface area contributed by atoms with Gasteiger partial charge < -0.3 is 44.2 Å². The van der Waals surface area contributed by atoms with E-state index in [-0.39, 0.29) is 53.1 Å². The minimum absolute atomic E-state index is 0.0453. The van der Waals surface area contributed by atoms with Crippen molar-refractivity contribution < 1.29 is 38.1 Å². The number of likely N-dealkylation sites (tertiary alicyclic amines) is 1. The fraction of sp³-hybridized carbons (Fsp3) is 0.518. The van der Waals surface area contributed by atoms with Crippen LogP contribution in [-0.2, 0) is 36.3 Å². The van der Waals surface area contributed by atoms with E-state index in [2.05, 4.69) is 83.9 Å². The van der Waals surface area contributed by atoms with Crippen LogP contribution in [0, 0.1) is 11.8 Å². The molecule has 4 aromatic rings. The highest BCUT2D eigenvalue weighted by atomic mass is 28.4. The number of fused-ring (bicyclic) bond motifs is 2. The van der Waals surface area contributed by atoms with Crippen LogP contribution in [0.25, 0.3) is 11.1 Å². The maximum absolute atomic E-state index is 13.8. The summed E-state index contributed by atoms with van der Waals surface area (Å²) in [5.41, 5.74) is 6.39. The molecule has 0 bridgehead atoms. The Bertz CT molecular complexity index is 2390. The lowest BCUT2D eigenvalue weighted by Crippen LogP contribution is -2.45. The van der Waals surface area contributed by atoms with Crippen molar-refractivity contribution in [3.63, 3.8) is 0 Å². The van der Waals surface area contributed by atoms with Crippen LogP contribution in [0.4, 0.5) is 16.2 Å². The normalized spacial score (nSPS) is 19.8. The summed E-state index contributed by atoms with van der Waals surface area (Å²) in [5, 5.41) is 19.9. The lowest BCUT2D eigenvalue weighted by Gasteiger charge is -2.40. The minimum atomic E-state index is -2.26. The van der Waals surface area contributed by atoms with Gasteiger partial charge in [0.2, 0.25) is 5.91 Å². The first kappa shape index (κ1) is 51.1. The second-order valence-electron chi connectivity index (χ2n) is 21.3. The van der Waals surface area contributed by atoms with Gasteiger partial charge in [0, 0.05) is 56.4 Å². The molecule has 4 aromatic carbocycles. The molecule has 14 heteroatoms. The van der Waals surface area contributed by atoms with Crippen LogP contribution >= 0.6 is 0 Å². The van der Waals surface area contributed by atoms with Gasteiger partial charge in [0.1, 0.15) is 17.5 Å². The van der Waals surface area contributed by atoms with Gasteiger partial charge >= 0.3 is 6.09 Å². The average molecular weight is 974 g/mol. The molecule has 0 radical (unpaired) electrons. The summed E-state index contributed by atoms with van der Waals surface area (Å²) >= 11 is 0. The molecule has 3 amide bonds. The number of nitrogens with zero attached hydrogens (tertiary/aromatic N) is 2. The van der Waals surface area contributed by atoms with Gasteiger partial charge in [-0.05, 0) is 103 Å². The molecule has 376 valence electrons. The molecular weight excluding hydrogens is 899 g/mol. The number of aromatic hydroxyl groups is 1. The zero-order valence-corrected chi connectivity index (χ0v) is 43.0. The van der Waals surface area contributed by atoms with E-state index < -0.39 is 14.4 Å². The van der Waals surface area contributed by atoms with Crippen molar-refractivity contribution in [2.75, 3.05) is 69.7 Å². The number of carbonyl (C=O) groups is 3. The van der Waals surface area contributed by atoms with E-state index in [1.165, 1.54) is 11.1 Å². The van der Waals surface area contributed by atoms with Crippen LogP contribution in [0.1, 0.15) is 88.5 Å². The number of amides is 3. The van der Waals surface area contributed by atoms with Gasteiger partial charge in [-0.25, -0.2) is 4.79 Å². The fourth-order valence-electron chi connectivity index (χ4n) is 10.5. The number of nitrogens with one attached hydrogen (secondary N) is 3. The standard InChI is InChI=1S/C56H75N5O8Si/c1-56(2,3)70(4,5)69-50(47-22-23-49(62)53-54(47)67-38-51(63)59-53)35-57-27-29-61(44-18-9-10-19-44)52(64)26-31-66-30-25-40-15-13-14-39(32-40)24-28-60-36-42-33-45(34-43(42)37-60)68-55(65)58-48-21-12-11-20-46(48)41-16-7-6-8-17-41/h6-8,11-17,20-23,32,42-45,50,57,62H,9-10,18-19,24-31,33-38H2,1-5H3,(H,58,65)(H,59,63)/t42-,43+,45?,50-/m0/s1. The summed E-state index contributed by atoms with van der Waals surface area (Å²) in [5.74, 6) is 1.30. The number of anilines is 2. The number of rotatable bonds is 21. The van der Waals surface area contributed by atoms with Crippen molar-refractivity contribution in [3.8, 4) is 22.6 Å². The van der Waals surface area contributed by atoms with E-state index >= 15 is 0 Å². The van der Waals surface area contributed by atoms with Crippen molar-refractivity contribution in [2.45, 2.75) is 115 Å². The highest BCUT2D eigenvalue weighted by molar-refractivity contribution is 6.74. The molecule has 13 nitrogen and oxygen atoms in total. The van der Waals surface area contributed by atoms with Gasteiger partial charge in [-0.1, -0.05) is 106 Å². The van der Waals surface area contributed by atoms with Gasteiger partial charge in [-0.3, -0.25) is 14.9 Å². The minimum Gasteiger partial charge on any atom is -0.506 e. The Kier molecular flexibility index (Phi) is 17.0. The Balaban J connectivity index is 0.748. The summed E-state index contributed by atoms with van der Waals surface area (Å²) in [7, 11) is -2.26. The molecular formula is C56H75N5O8Si. The van der Waals surface area contributed by atoms with Crippen molar-refractivity contribution in [3.05, 3.63) is 108 Å². The maximum atomic E-state index is 13.8. The molecule has 4 atom stereocenters. The highest BCUT2D eigenvalue weighted by Gasteiger charge is 2.43. The summed E-state index contributed by atoms with van der Waals surface area (Å²) in [6.07, 6.45) is 7.39. The third-order valence-electron chi connectivity index (χ3n) is 15.3. The summed E-state index contributed by atoms with van der Waals surface area (Å²) in [4.78, 5) is 43.6. The van der Waals surface area contributed by atoms with Crippen molar-refractivity contribution in [2.24, 2.45) is 11.8 Å². The lowest BCUT2D eigenvalue weighted by molar-refractivity contribution is -0.134. The van der Waals surface area contributed by atoms with Crippen molar-refractivity contribution in [1.29, 1.82) is 0 Å². The Morgan fingerprint density at radius 2 is 1.63 bits per heavy atom. The van der Waals surface area contributed by atoms with E-state index in [0.717, 1.165) is 93.4 Å². The fourth-order valence-corrected chi connectivity index (χ4v) is 11.8. The molecule has 70 heavy (non-hydrogen) atoms. The summed E-state index contributed by atoms with van der Waals surface area (Å²) in [6.45, 7) is 16.6. The molecule has 8 rings (SSSR count). The molecule has 2 saturated carbocycles. The molecule has 4 aliphatic rings. The topological polar surface area (TPSA) is 151 Å². The molecule has 1 saturated heterocycles. The van der Waals surface area contributed by atoms with Crippen LogP contribution in [-0.4, -0.2) is 112 Å². The molecule has 2 aliphatic carbocycles. The van der Waals surface area contributed by atoms with Gasteiger partial charge in [-0.2, -0.15) is 0 Å². The number of phenolic OH excluding ortho intramolecular Hbond substituents is 1. The van der Waals surface area contributed by atoms with E-state index in [1.54, 1.807) is 6.07 Å². The monoisotopic (exact) mass is 974 g/mol. The van der Waals surface area contributed by atoms with Gasteiger partial charge in [0.15, 0.2) is 20.7 Å². The molecule has 1 unspecified atom stereocenters. The number of ether oxygens (including phenoxy) is 3. The first-order chi connectivity index (χ1) is 33.7. The van der Waals surface area contributed by atoms with Gasteiger partial charge in [0.25, 0.3) is 5.91 Å². The third kappa shape index (κ3) is 13.2. The number of para-hydroxylation sites is 1. The summed E-state index contributed by atoms with van der Waals surface area (Å²) in [6, 6.07) is 30.4. The van der Waals surface area contributed by atoms with Crippen LogP contribution in [0.2, 0.25) is 18.1 Å². The number of phenols is 1. The zero-order valence-electron chi connectivity index (χ0n) is 42.0. The van der Waals surface area contributed by atoms with E-state index in [4.69, 9.17) is 18.6 Å². The van der Waals surface area contributed by atoms with Gasteiger partial charge in [-0.15, -0.1) is 0 Å². The summed E-state index contributed by atoms with van der Waals surface area (Å²) < 4.78 is 24.9. The number of benzene rings is 4. The Morgan fingerprint density at radius 3 is 2.37 bits per heavy atom. The zero-order chi connectivity index (χ0) is 49.3. The molecule has 0 spiro atoms. The second kappa shape index (κ2) is 23.3. The maximum Gasteiger partial charge on any atom is 0.411 e. The second-order valence-corrected chi connectivity index (χ2v) is 26.1. The molecule has 4 N–H and O–H groups in total. The molecule has 2 aliphatic heterocycles. The Morgan fingerprint density at radius 1 is 0.914 bits per heavy atom. The largest absolute Gasteiger partial charge is 0.506 e. The lowest BCUT2D eigenvalue weighted by atomic mass is 10.0. The average Bonchev–Trinajstić information content (AvgIpc) is 4.09. The SMILES string of the molecule is CC(C)(C)[Si](C)(C)O[C@@H](CNCCN(C(=O)CCOCCc1cccc(CCN2C[C@H]3CC(OC(=O)Nc4ccccc4-c4ccccc4)C[C@H]3C2)c1)C1CCCC1)c1ccc(O)c2c1OCC(=O)N2. The van der Waals surface area contributed by atoms with Gasteiger partial charge in [0.05, 0.1) is 31.4 Å². The third-order valence-corrected chi connectivity index (χ3v) is 19.8. The van der Waals surface area contributed by atoms with Crippen LogP contribution in [0.5, 0.6) is 11.5 Å². The molecule has 3 fully saturated rings. The number of hydrogen-bond acceptors (Lipinski definition) is 10. The van der Waals surface area contributed by atoms with E-state index in [1.807, 2.05) is 60.7 Å². The van der Waals surface area contributed by atoms with E-state index in [9.17, 15) is 19.5 Å². The van der Waals surface area contributed by atoms with Crippen LogP contribution < -0.4 is 20.7 Å².